The number of nitrogens with one attached hydrogen (secondary N) is 2. The number of rotatable bonds is 6. The zero-order chi connectivity index (χ0) is 27.6. The molecule has 4 aromatic heterocycles. The molecule has 7 nitrogen and oxygen atoms in total. The van der Waals surface area contributed by atoms with Crippen molar-refractivity contribution in [3.05, 3.63) is 128 Å². The van der Waals surface area contributed by atoms with E-state index in [2.05, 4.69) is 54.0 Å². The molecule has 0 bridgehead atoms. The van der Waals surface area contributed by atoms with Gasteiger partial charge in [-0.05, 0) is 58.7 Å². The molecule has 0 aliphatic heterocycles. The molecule has 0 aliphatic carbocycles. The van der Waals surface area contributed by atoms with Crippen LogP contribution in [0.5, 0.6) is 0 Å². The van der Waals surface area contributed by atoms with E-state index in [1.54, 1.807) is 12.4 Å². The van der Waals surface area contributed by atoms with Crippen molar-refractivity contribution in [3.63, 3.8) is 0 Å². The number of nitrogens with zero attached hydrogens (tertiary/aromatic N) is 5. The minimum atomic E-state index is 0.747. The van der Waals surface area contributed by atoms with Gasteiger partial charge in [0.15, 0.2) is 0 Å². The zero-order valence-corrected chi connectivity index (χ0v) is 22.4. The van der Waals surface area contributed by atoms with Crippen molar-refractivity contribution in [1.82, 2.24) is 25.1 Å². The first kappa shape index (κ1) is 26.2. The molecule has 0 saturated carbocycles. The molecule has 0 fully saturated rings. The van der Waals surface area contributed by atoms with Gasteiger partial charge in [0.2, 0.25) is 0 Å². The van der Waals surface area contributed by atoms with Crippen LogP contribution in [0.4, 0.5) is 11.6 Å². The third kappa shape index (κ3) is 6.16. The Balaban J connectivity index is 0.000000161. The smallest absolute Gasteiger partial charge is 0.149 e. The van der Waals surface area contributed by atoms with Crippen molar-refractivity contribution in [2.24, 2.45) is 0 Å². The number of hydrogen-bond donors (Lipinski definition) is 2. The second-order valence-corrected chi connectivity index (χ2v) is 8.81. The van der Waals surface area contributed by atoms with Crippen LogP contribution < -0.4 is 10.6 Å². The fourth-order valence-corrected chi connectivity index (χ4v) is 4.28. The first-order valence-corrected chi connectivity index (χ1v) is 12.9. The molecule has 0 unspecified atom stereocenters. The van der Waals surface area contributed by atoms with Crippen molar-refractivity contribution in [2.45, 2.75) is 0 Å². The first-order chi connectivity index (χ1) is 19.8. The van der Waals surface area contributed by atoms with Gasteiger partial charge in [0.1, 0.15) is 17.3 Å². The van der Waals surface area contributed by atoms with Crippen LogP contribution in [0.2, 0.25) is 0 Å². The van der Waals surface area contributed by atoms with Gasteiger partial charge in [0.25, 0.3) is 0 Å². The summed E-state index contributed by atoms with van der Waals surface area (Å²) in [5.41, 5.74) is 8.61. The molecule has 2 aromatic carbocycles. The molecule has 2 N–H and O–H groups in total. The summed E-state index contributed by atoms with van der Waals surface area (Å²) in [7, 11) is 3.71. The number of hydrogen-bond acceptors (Lipinski definition) is 7. The molecular formula is C33H29N7. The van der Waals surface area contributed by atoms with E-state index in [0.717, 1.165) is 56.3 Å². The largest absolute Gasteiger partial charge is 0.373 e. The molecule has 196 valence electrons. The quantitative estimate of drug-likeness (QED) is 0.241. The van der Waals surface area contributed by atoms with Crippen LogP contribution >= 0.6 is 0 Å². The van der Waals surface area contributed by atoms with Gasteiger partial charge in [-0.15, -0.1) is 10.2 Å². The van der Waals surface area contributed by atoms with Crippen molar-refractivity contribution < 1.29 is 0 Å². The molecule has 0 spiro atoms. The molecule has 0 radical (unpaired) electrons. The van der Waals surface area contributed by atoms with Gasteiger partial charge in [-0.25, -0.2) is 4.98 Å². The monoisotopic (exact) mass is 523 g/mol. The normalized spacial score (nSPS) is 10.2. The Hall–Kier alpha value is -5.43. The van der Waals surface area contributed by atoms with E-state index < -0.39 is 0 Å². The molecule has 6 rings (SSSR count). The van der Waals surface area contributed by atoms with Crippen LogP contribution in [0.1, 0.15) is 0 Å². The molecule has 0 saturated heterocycles. The van der Waals surface area contributed by atoms with Crippen LogP contribution in [0.15, 0.2) is 128 Å². The second-order valence-electron chi connectivity index (χ2n) is 8.81. The summed E-state index contributed by atoms with van der Waals surface area (Å²) in [5.74, 6) is 1.60. The molecule has 7 heteroatoms. The van der Waals surface area contributed by atoms with Crippen LogP contribution in [0, 0.1) is 0 Å². The SMILES string of the molecule is CNc1cc(-c2ccncc2)c(-c2ccccc2)cn1.CNc1cc(-c2ccncc2)c(-c2ccccc2)nn1. The summed E-state index contributed by atoms with van der Waals surface area (Å²) in [4.78, 5) is 12.6. The van der Waals surface area contributed by atoms with Crippen LogP contribution in [0.3, 0.4) is 0 Å². The van der Waals surface area contributed by atoms with Crippen molar-refractivity contribution in [2.75, 3.05) is 24.7 Å². The summed E-state index contributed by atoms with van der Waals surface area (Å²) in [6.07, 6.45) is 9.09. The van der Waals surface area contributed by atoms with Gasteiger partial charge in [-0.1, -0.05) is 60.7 Å². The predicted octanol–water partition coefficient (Wildman–Crippen LogP) is 7.10. The van der Waals surface area contributed by atoms with Gasteiger partial charge in [0, 0.05) is 61.8 Å². The topological polar surface area (TPSA) is 88.5 Å². The first-order valence-electron chi connectivity index (χ1n) is 12.9. The number of pyridine rings is 3. The fraction of sp³-hybridized carbons (Fsp3) is 0.0606. The van der Waals surface area contributed by atoms with E-state index in [9.17, 15) is 0 Å². The number of anilines is 2. The Morgan fingerprint density at radius 2 is 0.975 bits per heavy atom. The summed E-state index contributed by atoms with van der Waals surface area (Å²) >= 11 is 0. The zero-order valence-electron chi connectivity index (χ0n) is 22.4. The van der Waals surface area contributed by atoms with E-state index in [1.807, 2.05) is 112 Å². The average Bonchev–Trinajstić information content (AvgIpc) is 3.06. The number of aromatic nitrogens is 5. The van der Waals surface area contributed by atoms with Crippen LogP contribution in [-0.4, -0.2) is 39.2 Å². The molecule has 0 atom stereocenters. The van der Waals surface area contributed by atoms with Crippen molar-refractivity contribution >= 4 is 11.6 Å². The lowest BCUT2D eigenvalue weighted by Gasteiger charge is -2.11. The van der Waals surface area contributed by atoms with Crippen LogP contribution in [0.25, 0.3) is 44.6 Å². The number of benzene rings is 2. The van der Waals surface area contributed by atoms with Gasteiger partial charge in [-0.2, -0.15) is 0 Å². The summed E-state index contributed by atoms with van der Waals surface area (Å²) in [5, 5.41) is 14.7. The molecular weight excluding hydrogens is 494 g/mol. The minimum absolute atomic E-state index is 0.747. The highest BCUT2D eigenvalue weighted by Crippen LogP contribution is 2.33. The van der Waals surface area contributed by atoms with Gasteiger partial charge in [-0.3, -0.25) is 9.97 Å². The molecule has 6 aromatic rings. The van der Waals surface area contributed by atoms with E-state index in [-0.39, 0.29) is 0 Å². The molecule has 0 amide bonds. The highest BCUT2D eigenvalue weighted by molar-refractivity contribution is 5.84. The predicted molar refractivity (Wildman–Crippen MR) is 163 cm³/mol. The Morgan fingerprint density at radius 1 is 0.475 bits per heavy atom. The fourth-order valence-electron chi connectivity index (χ4n) is 4.28. The lowest BCUT2D eigenvalue weighted by atomic mass is 9.97. The third-order valence-electron chi connectivity index (χ3n) is 6.32. The maximum atomic E-state index is 4.43. The highest BCUT2D eigenvalue weighted by atomic mass is 15.2. The molecule has 0 aliphatic rings. The molecule has 40 heavy (non-hydrogen) atoms. The summed E-state index contributed by atoms with van der Waals surface area (Å²) in [6, 6.07) is 32.4. The lowest BCUT2D eigenvalue weighted by Crippen LogP contribution is -1.98. The van der Waals surface area contributed by atoms with Gasteiger partial charge < -0.3 is 10.6 Å². The van der Waals surface area contributed by atoms with E-state index in [4.69, 9.17) is 0 Å². The standard InChI is InChI=1S/C17H15N3.C16H14N4/c1-18-17-11-15(14-7-9-19-10-8-14)16(12-20-17)13-5-3-2-4-6-13;1-17-15-11-14(12-7-9-18-10-8-12)16(20-19-15)13-5-3-2-4-6-13/h2-12H,1H3,(H,18,20);2-11H,1H3,(H,17,19). The molecule has 4 heterocycles. The highest BCUT2D eigenvalue weighted by Gasteiger charge is 2.11. The minimum Gasteiger partial charge on any atom is -0.373 e. The van der Waals surface area contributed by atoms with Gasteiger partial charge in [0.05, 0.1) is 0 Å². The summed E-state index contributed by atoms with van der Waals surface area (Å²) < 4.78 is 0. The lowest BCUT2D eigenvalue weighted by molar-refractivity contribution is 1.04. The van der Waals surface area contributed by atoms with E-state index in [0.29, 0.717) is 0 Å². The second kappa shape index (κ2) is 12.9. The van der Waals surface area contributed by atoms with Gasteiger partial charge >= 0.3 is 0 Å². The average molecular weight is 524 g/mol. The van der Waals surface area contributed by atoms with E-state index in [1.165, 1.54) is 0 Å². The van der Waals surface area contributed by atoms with Crippen molar-refractivity contribution in [1.29, 1.82) is 0 Å². The summed E-state index contributed by atoms with van der Waals surface area (Å²) in [6.45, 7) is 0. The maximum Gasteiger partial charge on any atom is 0.149 e. The Kier molecular flexibility index (Phi) is 8.44. The Morgan fingerprint density at radius 3 is 1.55 bits per heavy atom. The Bertz CT molecular complexity index is 1520. The van der Waals surface area contributed by atoms with E-state index >= 15 is 0 Å². The third-order valence-corrected chi connectivity index (χ3v) is 6.32. The van der Waals surface area contributed by atoms with Crippen LogP contribution in [-0.2, 0) is 0 Å². The Labute approximate surface area is 234 Å². The maximum absolute atomic E-state index is 4.43. The van der Waals surface area contributed by atoms with Crippen molar-refractivity contribution in [3.8, 4) is 44.6 Å².